The van der Waals surface area contributed by atoms with E-state index in [-0.39, 0.29) is 6.61 Å². The molecule has 0 saturated heterocycles. The molecule has 0 bridgehead atoms. The quantitative estimate of drug-likeness (QED) is 0.601. The van der Waals surface area contributed by atoms with E-state index in [1.165, 1.54) is 11.6 Å². The van der Waals surface area contributed by atoms with Crippen LogP contribution in [0.3, 0.4) is 0 Å². The molecule has 0 atom stereocenters. The molecule has 0 fully saturated rings. The summed E-state index contributed by atoms with van der Waals surface area (Å²) in [6, 6.07) is 10.0. The van der Waals surface area contributed by atoms with Crippen molar-refractivity contribution in [2.45, 2.75) is 0 Å². The molecule has 0 aliphatic heterocycles. The highest BCUT2D eigenvalue weighted by Gasteiger charge is 1.75. The van der Waals surface area contributed by atoms with Gasteiger partial charge in [-0.05, 0) is 5.56 Å². The zero-order chi connectivity index (χ0) is 12.6. The molecule has 0 spiro atoms. The third-order valence-electron chi connectivity index (χ3n) is 1.33. The SMILES string of the molecule is C=CC=C.C=CCO.C=Cc1ccccc1. The molecule has 0 aromatic heterocycles. The summed E-state index contributed by atoms with van der Waals surface area (Å²) >= 11 is 0. The molecule has 1 heteroatoms. The number of hydrogen-bond acceptors (Lipinski definition) is 1. The second-order valence-corrected chi connectivity index (χ2v) is 2.56. The molecule has 0 aliphatic carbocycles. The van der Waals surface area contributed by atoms with Gasteiger partial charge in [-0.15, -0.1) is 6.58 Å². The highest BCUT2D eigenvalue weighted by atomic mass is 16.2. The highest BCUT2D eigenvalue weighted by Crippen LogP contribution is 1.97. The first-order valence-electron chi connectivity index (χ1n) is 4.89. The van der Waals surface area contributed by atoms with Crippen LogP contribution in [0.2, 0.25) is 0 Å². The molecule has 0 radical (unpaired) electrons. The normalized spacial score (nSPS) is 7.06. The molecular weight excluding hydrogens is 196 g/mol. The first-order chi connectivity index (χ1) is 7.76. The van der Waals surface area contributed by atoms with Crippen molar-refractivity contribution in [3.63, 3.8) is 0 Å². The summed E-state index contributed by atoms with van der Waals surface area (Å²) in [6.07, 6.45) is 6.54. The van der Waals surface area contributed by atoms with E-state index in [9.17, 15) is 0 Å². The summed E-state index contributed by atoms with van der Waals surface area (Å²) in [7, 11) is 0. The van der Waals surface area contributed by atoms with Crippen LogP contribution in [0, 0.1) is 0 Å². The maximum atomic E-state index is 7.76. The van der Waals surface area contributed by atoms with Crippen LogP contribution < -0.4 is 0 Å². The molecule has 1 aromatic rings. The molecule has 0 heterocycles. The van der Waals surface area contributed by atoms with E-state index in [0.717, 1.165) is 0 Å². The summed E-state index contributed by atoms with van der Waals surface area (Å²) in [5, 5.41) is 7.76. The van der Waals surface area contributed by atoms with Crippen LogP contribution in [0.4, 0.5) is 0 Å². The topological polar surface area (TPSA) is 20.2 Å². The van der Waals surface area contributed by atoms with Gasteiger partial charge in [0.05, 0.1) is 6.61 Å². The van der Waals surface area contributed by atoms with Crippen molar-refractivity contribution in [1.29, 1.82) is 0 Å². The minimum Gasteiger partial charge on any atom is -0.392 e. The number of benzene rings is 1. The fourth-order valence-corrected chi connectivity index (χ4v) is 0.589. The van der Waals surface area contributed by atoms with Gasteiger partial charge in [0.25, 0.3) is 0 Å². The smallest absolute Gasteiger partial charge is 0.0609 e. The molecule has 1 aromatic carbocycles. The summed E-state index contributed by atoms with van der Waals surface area (Å²) in [5.41, 5.74) is 1.17. The number of allylic oxidation sites excluding steroid dienone is 2. The minimum absolute atomic E-state index is 0.0833. The van der Waals surface area contributed by atoms with Gasteiger partial charge in [-0.1, -0.05) is 74.4 Å². The van der Waals surface area contributed by atoms with Crippen molar-refractivity contribution in [1.82, 2.24) is 0 Å². The van der Waals surface area contributed by atoms with Crippen molar-refractivity contribution in [3.05, 3.63) is 80.4 Å². The third kappa shape index (κ3) is 14.7. The zero-order valence-corrected chi connectivity index (χ0v) is 9.68. The second kappa shape index (κ2) is 15.6. The summed E-state index contributed by atoms with van der Waals surface area (Å²) in [5.74, 6) is 0. The molecule has 1 nitrogen and oxygen atoms in total. The lowest BCUT2D eigenvalue weighted by molar-refractivity contribution is 0.343. The van der Waals surface area contributed by atoms with Crippen molar-refractivity contribution in [2.24, 2.45) is 0 Å². The van der Waals surface area contributed by atoms with Gasteiger partial charge < -0.3 is 5.11 Å². The van der Waals surface area contributed by atoms with E-state index < -0.39 is 0 Å². The Morgan fingerprint density at radius 2 is 1.38 bits per heavy atom. The van der Waals surface area contributed by atoms with E-state index in [1.54, 1.807) is 12.2 Å². The van der Waals surface area contributed by atoms with Gasteiger partial charge in [-0.25, -0.2) is 0 Å². The Bertz CT molecular complexity index is 280. The fraction of sp³-hybridized carbons (Fsp3) is 0.0667. The third-order valence-corrected chi connectivity index (χ3v) is 1.33. The monoisotopic (exact) mass is 216 g/mol. The Hall–Kier alpha value is -1.86. The van der Waals surface area contributed by atoms with Crippen LogP contribution in [0.25, 0.3) is 6.08 Å². The summed E-state index contributed by atoms with van der Waals surface area (Å²) < 4.78 is 0. The number of rotatable bonds is 3. The Labute approximate surface area is 98.8 Å². The van der Waals surface area contributed by atoms with Crippen LogP contribution in [0.15, 0.2) is 74.9 Å². The van der Waals surface area contributed by atoms with Crippen LogP contribution in [-0.4, -0.2) is 11.7 Å². The van der Waals surface area contributed by atoms with Gasteiger partial charge in [-0.2, -0.15) is 0 Å². The average molecular weight is 216 g/mol. The van der Waals surface area contributed by atoms with E-state index in [1.807, 2.05) is 36.4 Å². The van der Waals surface area contributed by atoms with Gasteiger partial charge in [0.1, 0.15) is 0 Å². The average Bonchev–Trinajstić information content (AvgIpc) is 2.40. The van der Waals surface area contributed by atoms with E-state index in [2.05, 4.69) is 26.3 Å². The molecule has 0 unspecified atom stereocenters. The lowest BCUT2D eigenvalue weighted by Gasteiger charge is -1.85. The highest BCUT2D eigenvalue weighted by molar-refractivity contribution is 5.45. The molecule has 0 saturated carbocycles. The van der Waals surface area contributed by atoms with Crippen molar-refractivity contribution < 1.29 is 5.11 Å². The lowest BCUT2D eigenvalue weighted by Crippen LogP contribution is -1.63. The Balaban J connectivity index is 0. The maximum absolute atomic E-state index is 7.76. The minimum atomic E-state index is 0.0833. The van der Waals surface area contributed by atoms with Gasteiger partial charge in [0.2, 0.25) is 0 Å². The first-order valence-corrected chi connectivity index (χ1v) is 4.89. The number of hydrogen-bond donors (Lipinski definition) is 1. The van der Waals surface area contributed by atoms with Crippen LogP contribution in [0.5, 0.6) is 0 Å². The van der Waals surface area contributed by atoms with E-state index >= 15 is 0 Å². The molecule has 86 valence electrons. The van der Waals surface area contributed by atoms with Crippen molar-refractivity contribution in [2.75, 3.05) is 6.61 Å². The van der Waals surface area contributed by atoms with E-state index in [0.29, 0.717) is 0 Å². The Morgan fingerprint density at radius 1 is 0.938 bits per heavy atom. The molecular formula is C15H20O. The van der Waals surface area contributed by atoms with Gasteiger partial charge in [-0.3, -0.25) is 0 Å². The number of aliphatic hydroxyl groups excluding tert-OH is 1. The predicted molar refractivity (Wildman–Crippen MR) is 74.2 cm³/mol. The predicted octanol–water partition coefficient (Wildman–Crippen LogP) is 3.85. The van der Waals surface area contributed by atoms with Crippen molar-refractivity contribution >= 4 is 6.08 Å². The summed E-state index contributed by atoms with van der Waals surface area (Å²) in [6.45, 7) is 13.7. The maximum Gasteiger partial charge on any atom is 0.0609 e. The first kappa shape index (κ1) is 16.6. The van der Waals surface area contributed by atoms with Gasteiger partial charge in [0.15, 0.2) is 0 Å². The largest absolute Gasteiger partial charge is 0.392 e. The standard InChI is InChI=1S/C8H8.C4H6.C3H6O/c1-2-8-6-4-3-5-7-8;1-3-4-2;1-2-3-4/h2-7H,1H2;3-4H,1-2H2;2,4H,1,3H2. The Kier molecular flexibility index (Phi) is 16.2. The summed E-state index contributed by atoms with van der Waals surface area (Å²) in [4.78, 5) is 0. The second-order valence-electron chi connectivity index (χ2n) is 2.56. The molecule has 1 rings (SSSR count). The van der Waals surface area contributed by atoms with Gasteiger partial charge >= 0.3 is 0 Å². The van der Waals surface area contributed by atoms with E-state index in [4.69, 9.17) is 5.11 Å². The Morgan fingerprint density at radius 3 is 1.56 bits per heavy atom. The molecule has 0 amide bonds. The zero-order valence-electron chi connectivity index (χ0n) is 9.68. The molecule has 0 aliphatic rings. The molecule has 16 heavy (non-hydrogen) atoms. The molecule has 1 N–H and O–H groups in total. The fourth-order valence-electron chi connectivity index (χ4n) is 0.589. The number of aliphatic hydroxyl groups is 1. The lowest BCUT2D eigenvalue weighted by atomic mass is 10.2. The van der Waals surface area contributed by atoms with Crippen LogP contribution in [0.1, 0.15) is 5.56 Å². The van der Waals surface area contributed by atoms with Crippen LogP contribution >= 0.6 is 0 Å². The van der Waals surface area contributed by atoms with Crippen molar-refractivity contribution in [3.8, 4) is 0 Å². The van der Waals surface area contributed by atoms with Crippen LogP contribution in [-0.2, 0) is 0 Å². The van der Waals surface area contributed by atoms with Gasteiger partial charge in [0, 0.05) is 0 Å².